The number of hydrogen-bond donors (Lipinski definition) is 0. The van der Waals surface area contributed by atoms with E-state index in [1.807, 2.05) is 4.90 Å². The van der Waals surface area contributed by atoms with E-state index in [1.165, 1.54) is 16.4 Å². The summed E-state index contributed by atoms with van der Waals surface area (Å²) >= 11 is 5.82. The molecule has 1 aliphatic rings. The SMILES string of the molecule is CN(C)C(=O)CN1CCCN(S(=O)(=O)c2ccc(Cl)cc2)CC1. The third kappa shape index (κ3) is 4.67. The van der Waals surface area contributed by atoms with E-state index >= 15 is 0 Å². The van der Waals surface area contributed by atoms with Crippen LogP contribution in [0.15, 0.2) is 29.2 Å². The molecule has 0 aromatic heterocycles. The zero-order valence-electron chi connectivity index (χ0n) is 13.4. The second-order valence-corrected chi connectivity index (χ2v) is 8.15. The molecule has 0 aliphatic carbocycles. The molecule has 0 unspecified atom stereocenters. The third-order valence-corrected chi connectivity index (χ3v) is 6.02. The molecule has 2 rings (SSSR count). The van der Waals surface area contributed by atoms with Gasteiger partial charge < -0.3 is 4.90 Å². The van der Waals surface area contributed by atoms with Gasteiger partial charge in [-0.15, -0.1) is 0 Å². The van der Waals surface area contributed by atoms with Crippen molar-refractivity contribution in [2.45, 2.75) is 11.3 Å². The van der Waals surface area contributed by atoms with Crippen molar-refractivity contribution in [2.75, 3.05) is 46.8 Å². The van der Waals surface area contributed by atoms with Gasteiger partial charge in [0.2, 0.25) is 15.9 Å². The van der Waals surface area contributed by atoms with E-state index in [9.17, 15) is 13.2 Å². The number of halogens is 1. The van der Waals surface area contributed by atoms with Gasteiger partial charge in [0, 0.05) is 38.8 Å². The zero-order chi connectivity index (χ0) is 17.0. The van der Waals surface area contributed by atoms with Crippen LogP contribution in [0.25, 0.3) is 0 Å². The molecule has 0 N–H and O–H groups in total. The lowest BCUT2D eigenvalue weighted by Gasteiger charge is -2.22. The minimum absolute atomic E-state index is 0.0269. The third-order valence-electron chi connectivity index (χ3n) is 3.86. The Balaban J connectivity index is 2.05. The van der Waals surface area contributed by atoms with Gasteiger partial charge in [0.15, 0.2) is 0 Å². The van der Waals surface area contributed by atoms with E-state index in [2.05, 4.69) is 0 Å². The van der Waals surface area contributed by atoms with Crippen LogP contribution in [-0.2, 0) is 14.8 Å². The fraction of sp³-hybridized carbons (Fsp3) is 0.533. The van der Waals surface area contributed by atoms with Gasteiger partial charge in [0.25, 0.3) is 0 Å². The minimum Gasteiger partial charge on any atom is -0.348 e. The molecule has 0 saturated carbocycles. The highest BCUT2D eigenvalue weighted by Crippen LogP contribution is 2.19. The Bertz CT molecular complexity index is 646. The predicted molar refractivity (Wildman–Crippen MR) is 90.0 cm³/mol. The minimum atomic E-state index is -3.52. The molecule has 1 saturated heterocycles. The van der Waals surface area contributed by atoms with Crippen LogP contribution in [0.4, 0.5) is 0 Å². The molecule has 0 bridgehead atoms. The molecule has 0 radical (unpaired) electrons. The number of benzene rings is 1. The Hall–Kier alpha value is -1.15. The average molecular weight is 360 g/mol. The van der Waals surface area contributed by atoms with E-state index in [0.717, 1.165) is 0 Å². The van der Waals surface area contributed by atoms with Crippen LogP contribution < -0.4 is 0 Å². The van der Waals surface area contributed by atoms with E-state index < -0.39 is 10.0 Å². The summed E-state index contributed by atoms with van der Waals surface area (Å²) in [4.78, 5) is 15.6. The number of likely N-dealkylation sites (N-methyl/N-ethyl adjacent to an activating group) is 1. The highest BCUT2D eigenvalue weighted by molar-refractivity contribution is 7.89. The van der Waals surface area contributed by atoms with E-state index in [-0.39, 0.29) is 10.8 Å². The lowest BCUT2D eigenvalue weighted by atomic mass is 10.4. The molecule has 0 atom stereocenters. The summed E-state index contributed by atoms with van der Waals surface area (Å²) in [6.45, 7) is 2.42. The standard InChI is InChI=1S/C15H22ClN3O3S/c1-17(2)15(20)12-18-8-3-9-19(11-10-18)23(21,22)14-6-4-13(16)5-7-14/h4-7H,3,8-12H2,1-2H3. The van der Waals surface area contributed by atoms with Crippen LogP contribution in [0.5, 0.6) is 0 Å². The lowest BCUT2D eigenvalue weighted by Crippen LogP contribution is -2.39. The highest BCUT2D eigenvalue weighted by Gasteiger charge is 2.27. The van der Waals surface area contributed by atoms with Gasteiger partial charge in [-0.3, -0.25) is 9.69 Å². The summed E-state index contributed by atoms with van der Waals surface area (Å²) < 4.78 is 26.8. The predicted octanol–water partition coefficient (Wildman–Crippen LogP) is 1.12. The maximum Gasteiger partial charge on any atom is 0.243 e. The van der Waals surface area contributed by atoms with Crippen LogP contribution in [-0.4, -0.2) is 75.2 Å². The topological polar surface area (TPSA) is 60.9 Å². The van der Waals surface area contributed by atoms with Crippen molar-refractivity contribution >= 4 is 27.5 Å². The van der Waals surface area contributed by atoms with E-state index in [1.54, 1.807) is 31.1 Å². The molecule has 1 amide bonds. The number of carbonyl (C=O) groups is 1. The Morgan fingerprint density at radius 2 is 1.78 bits per heavy atom. The van der Waals surface area contributed by atoms with E-state index in [4.69, 9.17) is 11.6 Å². The number of hydrogen-bond acceptors (Lipinski definition) is 4. The molecular weight excluding hydrogens is 338 g/mol. The summed E-state index contributed by atoms with van der Waals surface area (Å²) in [5.74, 6) is 0.0269. The van der Waals surface area contributed by atoms with Crippen molar-refractivity contribution in [1.29, 1.82) is 0 Å². The van der Waals surface area contributed by atoms with Crippen molar-refractivity contribution in [3.05, 3.63) is 29.3 Å². The molecule has 23 heavy (non-hydrogen) atoms. The Labute approximate surface area is 142 Å². The van der Waals surface area contributed by atoms with Crippen molar-refractivity contribution in [2.24, 2.45) is 0 Å². The Morgan fingerprint density at radius 3 is 2.39 bits per heavy atom. The average Bonchev–Trinajstić information content (AvgIpc) is 2.73. The number of nitrogens with zero attached hydrogens (tertiary/aromatic N) is 3. The molecule has 8 heteroatoms. The number of carbonyl (C=O) groups excluding carboxylic acids is 1. The summed E-state index contributed by atoms with van der Waals surface area (Å²) in [6, 6.07) is 6.20. The van der Waals surface area contributed by atoms with Crippen LogP contribution in [0.3, 0.4) is 0 Å². The smallest absolute Gasteiger partial charge is 0.243 e. The van der Waals surface area contributed by atoms with Crippen molar-refractivity contribution in [3.8, 4) is 0 Å². The molecular formula is C15H22ClN3O3S. The number of sulfonamides is 1. The first-order chi connectivity index (χ1) is 10.8. The summed E-state index contributed by atoms with van der Waals surface area (Å²) in [5, 5.41) is 0.508. The van der Waals surface area contributed by atoms with Crippen LogP contribution in [0, 0.1) is 0 Å². The first-order valence-electron chi connectivity index (χ1n) is 7.49. The molecule has 1 heterocycles. The normalized spacial score (nSPS) is 17.7. The van der Waals surface area contributed by atoms with Gasteiger partial charge in [0.05, 0.1) is 11.4 Å². The highest BCUT2D eigenvalue weighted by atomic mass is 35.5. The summed E-state index contributed by atoms with van der Waals surface area (Å²) in [5.41, 5.74) is 0. The van der Waals surface area contributed by atoms with Crippen molar-refractivity contribution in [3.63, 3.8) is 0 Å². The fourth-order valence-electron chi connectivity index (χ4n) is 2.43. The van der Waals surface area contributed by atoms with Gasteiger partial charge in [-0.1, -0.05) is 11.6 Å². The second-order valence-electron chi connectivity index (χ2n) is 5.78. The van der Waals surface area contributed by atoms with E-state index in [0.29, 0.717) is 44.2 Å². The molecule has 6 nitrogen and oxygen atoms in total. The van der Waals surface area contributed by atoms with Crippen LogP contribution in [0.2, 0.25) is 5.02 Å². The number of rotatable bonds is 4. The van der Waals surface area contributed by atoms with Crippen molar-refractivity contribution < 1.29 is 13.2 Å². The van der Waals surface area contributed by atoms with Gasteiger partial charge in [0.1, 0.15) is 0 Å². The molecule has 1 aliphatic heterocycles. The van der Waals surface area contributed by atoms with Gasteiger partial charge in [-0.2, -0.15) is 4.31 Å². The zero-order valence-corrected chi connectivity index (χ0v) is 15.0. The molecule has 1 aromatic rings. The Kier molecular flexibility index (Phi) is 6.02. The first kappa shape index (κ1) is 18.2. The molecule has 1 aromatic carbocycles. The van der Waals surface area contributed by atoms with Crippen LogP contribution >= 0.6 is 11.6 Å². The first-order valence-corrected chi connectivity index (χ1v) is 9.31. The summed E-state index contributed by atoms with van der Waals surface area (Å²) in [6.07, 6.45) is 0.702. The van der Waals surface area contributed by atoms with Gasteiger partial charge in [-0.25, -0.2) is 8.42 Å². The molecule has 0 spiro atoms. The Morgan fingerprint density at radius 1 is 1.13 bits per heavy atom. The maximum absolute atomic E-state index is 12.7. The fourth-order valence-corrected chi connectivity index (χ4v) is 4.03. The second kappa shape index (κ2) is 7.61. The quantitative estimate of drug-likeness (QED) is 0.808. The van der Waals surface area contributed by atoms with Gasteiger partial charge >= 0.3 is 0 Å². The molecule has 128 valence electrons. The van der Waals surface area contributed by atoms with Crippen LogP contribution in [0.1, 0.15) is 6.42 Å². The largest absolute Gasteiger partial charge is 0.348 e. The monoisotopic (exact) mass is 359 g/mol. The summed E-state index contributed by atoms with van der Waals surface area (Å²) in [7, 11) is -0.0783. The van der Waals surface area contributed by atoms with Gasteiger partial charge in [-0.05, 0) is 37.2 Å². The van der Waals surface area contributed by atoms with Crippen molar-refractivity contribution in [1.82, 2.24) is 14.1 Å². The lowest BCUT2D eigenvalue weighted by molar-refractivity contribution is -0.129. The molecule has 1 fully saturated rings. The maximum atomic E-state index is 12.7. The number of amides is 1.